The zero-order valence-electron chi connectivity index (χ0n) is 10.9. The highest BCUT2D eigenvalue weighted by atomic mass is 32.2. The molecule has 1 heterocycles. The van der Waals surface area contributed by atoms with Gasteiger partial charge in [0, 0.05) is 30.0 Å². The number of nitrogens with zero attached hydrogens (tertiary/aromatic N) is 1. The van der Waals surface area contributed by atoms with Crippen molar-refractivity contribution in [3.63, 3.8) is 0 Å². The molecule has 0 aromatic carbocycles. The molecule has 1 atom stereocenters. The van der Waals surface area contributed by atoms with Gasteiger partial charge in [0.15, 0.2) is 0 Å². The van der Waals surface area contributed by atoms with Gasteiger partial charge in [-0.1, -0.05) is 13.8 Å². The number of rotatable bonds is 8. The number of ether oxygens (including phenoxy) is 1. The predicted octanol–water partition coefficient (Wildman–Crippen LogP) is 2.88. The summed E-state index contributed by atoms with van der Waals surface area (Å²) in [7, 11) is 1.73. The Morgan fingerprint density at radius 2 is 2.24 bits per heavy atom. The van der Waals surface area contributed by atoms with Gasteiger partial charge in [0.25, 0.3) is 0 Å². The van der Waals surface area contributed by atoms with Gasteiger partial charge in [-0.15, -0.1) is 11.8 Å². The van der Waals surface area contributed by atoms with Crippen molar-refractivity contribution < 1.29 is 4.74 Å². The highest BCUT2D eigenvalue weighted by Gasteiger charge is 2.08. The molecule has 0 saturated heterocycles. The third-order valence-corrected chi connectivity index (χ3v) is 3.48. The lowest BCUT2D eigenvalue weighted by Gasteiger charge is -2.15. The normalized spacial score (nSPS) is 12.6. The van der Waals surface area contributed by atoms with Crippen molar-refractivity contribution in [2.45, 2.75) is 31.2 Å². The molecule has 1 aromatic heterocycles. The van der Waals surface area contributed by atoms with Gasteiger partial charge in [-0.05, 0) is 25.1 Å². The van der Waals surface area contributed by atoms with Crippen LogP contribution >= 0.6 is 11.8 Å². The van der Waals surface area contributed by atoms with Crippen LogP contribution in [0.4, 0.5) is 0 Å². The highest BCUT2D eigenvalue weighted by Crippen LogP contribution is 2.20. The molecule has 1 unspecified atom stereocenters. The molecule has 96 valence electrons. The molecule has 0 amide bonds. The van der Waals surface area contributed by atoms with Gasteiger partial charge in [0.1, 0.15) is 0 Å². The summed E-state index contributed by atoms with van der Waals surface area (Å²) in [5.41, 5.74) is 1.13. The molecule has 0 aliphatic carbocycles. The van der Waals surface area contributed by atoms with Crippen LogP contribution in [0.1, 0.15) is 32.0 Å². The Bertz CT molecular complexity index is 303. The first-order valence-electron chi connectivity index (χ1n) is 6.12. The quantitative estimate of drug-likeness (QED) is 0.571. The first-order valence-corrected chi connectivity index (χ1v) is 7.11. The first-order chi connectivity index (χ1) is 8.31. The summed E-state index contributed by atoms with van der Waals surface area (Å²) in [5, 5.41) is 3.43. The van der Waals surface area contributed by atoms with E-state index in [0.29, 0.717) is 6.04 Å². The summed E-state index contributed by atoms with van der Waals surface area (Å²) < 4.78 is 5.02. The molecule has 1 N–H and O–H groups in total. The van der Waals surface area contributed by atoms with E-state index in [2.05, 4.69) is 36.3 Å². The largest absolute Gasteiger partial charge is 0.384 e. The molecule has 0 aliphatic heterocycles. The van der Waals surface area contributed by atoms with Crippen molar-refractivity contribution in [1.29, 1.82) is 0 Å². The lowest BCUT2D eigenvalue weighted by atomic mass is 10.1. The van der Waals surface area contributed by atoms with E-state index in [1.54, 1.807) is 18.9 Å². The smallest absolute Gasteiger partial charge is 0.0573 e. The van der Waals surface area contributed by atoms with E-state index < -0.39 is 0 Å². The summed E-state index contributed by atoms with van der Waals surface area (Å²) in [6.45, 7) is 6.06. The van der Waals surface area contributed by atoms with Crippen LogP contribution in [-0.4, -0.2) is 31.0 Å². The molecular formula is C13H22N2OS. The number of methoxy groups -OCH3 is 1. The van der Waals surface area contributed by atoms with E-state index >= 15 is 0 Å². The van der Waals surface area contributed by atoms with E-state index in [-0.39, 0.29) is 0 Å². The maximum absolute atomic E-state index is 5.02. The van der Waals surface area contributed by atoms with Crippen molar-refractivity contribution in [3.05, 3.63) is 24.0 Å². The Hall–Kier alpha value is -0.580. The Morgan fingerprint density at radius 3 is 2.76 bits per heavy atom. The summed E-state index contributed by atoms with van der Waals surface area (Å²) in [6.07, 6.45) is 3.02. The van der Waals surface area contributed by atoms with E-state index in [4.69, 9.17) is 4.74 Å². The number of pyridine rings is 1. The molecule has 0 saturated carbocycles. The Labute approximate surface area is 108 Å². The SMILES string of the molecule is CCNC(CC)c1ccc(SCCOC)cn1. The van der Waals surface area contributed by atoms with Crippen LogP contribution in [-0.2, 0) is 4.74 Å². The van der Waals surface area contributed by atoms with Crippen LogP contribution in [0.15, 0.2) is 23.2 Å². The fourth-order valence-corrected chi connectivity index (χ4v) is 2.41. The molecule has 1 aromatic rings. The monoisotopic (exact) mass is 254 g/mol. The second kappa shape index (κ2) is 8.50. The molecule has 0 fully saturated rings. The molecule has 0 bridgehead atoms. The average Bonchev–Trinajstić information content (AvgIpc) is 2.37. The summed E-state index contributed by atoms with van der Waals surface area (Å²) in [4.78, 5) is 5.73. The van der Waals surface area contributed by atoms with Gasteiger partial charge in [-0.3, -0.25) is 4.98 Å². The summed E-state index contributed by atoms with van der Waals surface area (Å²) >= 11 is 1.78. The average molecular weight is 254 g/mol. The second-order valence-corrected chi connectivity index (χ2v) is 4.95. The third-order valence-electron chi connectivity index (χ3n) is 2.53. The molecule has 0 aliphatic rings. The predicted molar refractivity (Wildman–Crippen MR) is 73.5 cm³/mol. The molecule has 0 radical (unpaired) electrons. The Balaban J connectivity index is 2.53. The van der Waals surface area contributed by atoms with Crippen LogP contribution < -0.4 is 5.32 Å². The van der Waals surface area contributed by atoms with Crippen molar-refractivity contribution in [2.75, 3.05) is 26.0 Å². The number of thioether (sulfide) groups is 1. The van der Waals surface area contributed by atoms with Crippen molar-refractivity contribution in [3.8, 4) is 0 Å². The first kappa shape index (κ1) is 14.5. The molecule has 3 nitrogen and oxygen atoms in total. The minimum atomic E-state index is 0.373. The fraction of sp³-hybridized carbons (Fsp3) is 0.615. The molecular weight excluding hydrogens is 232 g/mol. The van der Waals surface area contributed by atoms with Crippen LogP contribution in [0, 0.1) is 0 Å². The van der Waals surface area contributed by atoms with Gasteiger partial charge in [0.05, 0.1) is 12.3 Å². The van der Waals surface area contributed by atoms with Gasteiger partial charge in [-0.25, -0.2) is 0 Å². The molecule has 4 heteroatoms. The maximum atomic E-state index is 5.02. The van der Waals surface area contributed by atoms with Crippen molar-refractivity contribution in [1.82, 2.24) is 10.3 Å². The summed E-state index contributed by atoms with van der Waals surface area (Å²) in [5.74, 6) is 0.974. The van der Waals surface area contributed by atoms with E-state index in [9.17, 15) is 0 Å². The van der Waals surface area contributed by atoms with Gasteiger partial charge in [0.2, 0.25) is 0 Å². The van der Waals surface area contributed by atoms with Crippen LogP contribution in [0.5, 0.6) is 0 Å². The number of hydrogen-bond acceptors (Lipinski definition) is 4. The zero-order chi connectivity index (χ0) is 12.5. The van der Waals surface area contributed by atoms with Crippen LogP contribution in [0.2, 0.25) is 0 Å². The maximum Gasteiger partial charge on any atom is 0.0573 e. The summed E-state index contributed by atoms with van der Waals surface area (Å²) in [6, 6.07) is 4.63. The minimum absolute atomic E-state index is 0.373. The van der Waals surface area contributed by atoms with E-state index in [0.717, 1.165) is 31.0 Å². The number of aromatic nitrogens is 1. The third kappa shape index (κ3) is 5.06. The van der Waals surface area contributed by atoms with Gasteiger partial charge < -0.3 is 10.1 Å². The Morgan fingerprint density at radius 1 is 1.41 bits per heavy atom. The lowest BCUT2D eigenvalue weighted by molar-refractivity contribution is 0.218. The van der Waals surface area contributed by atoms with Crippen molar-refractivity contribution >= 4 is 11.8 Å². The molecule has 17 heavy (non-hydrogen) atoms. The standard InChI is InChI=1S/C13H22N2OS/c1-4-12(14-5-2)13-7-6-11(10-15-13)17-9-8-16-3/h6-7,10,12,14H,4-5,8-9H2,1-3H3. The van der Waals surface area contributed by atoms with Crippen LogP contribution in [0.25, 0.3) is 0 Å². The zero-order valence-corrected chi connectivity index (χ0v) is 11.7. The highest BCUT2D eigenvalue weighted by molar-refractivity contribution is 7.99. The number of nitrogens with one attached hydrogen (secondary N) is 1. The van der Waals surface area contributed by atoms with Crippen molar-refractivity contribution in [2.24, 2.45) is 0 Å². The second-order valence-electron chi connectivity index (χ2n) is 3.78. The van der Waals surface area contributed by atoms with Gasteiger partial charge >= 0.3 is 0 Å². The van der Waals surface area contributed by atoms with Crippen LogP contribution in [0.3, 0.4) is 0 Å². The number of hydrogen-bond donors (Lipinski definition) is 1. The minimum Gasteiger partial charge on any atom is -0.384 e. The van der Waals surface area contributed by atoms with E-state index in [1.165, 1.54) is 4.90 Å². The molecule has 1 rings (SSSR count). The van der Waals surface area contributed by atoms with Gasteiger partial charge in [-0.2, -0.15) is 0 Å². The Kier molecular flexibility index (Phi) is 7.24. The fourth-order valence-electron chi connectivity index (χ4n) is 1.63. The lowest BCUT2D eigenvalue weighted by Crippen LogP contribution is -2.20. The van der Waals surface area contributed by atoms with E-state index in [1.807, 2.05) is 6.20 Å². The topological polar surface area (TPSA) is 34.1 Å². The molecule has 0 spiro atoms.